The van der Waals surface area contributed by atoms with Crippen LogP contribution in [0.5, 0.6) is 0 Å². The molecule has 1 aliphatic rings. The number of likely N-dealkylation sites (tertiary alicyclic amines) is 1. The third-order valence-electron chi connectivity index (χ3n) is 3.25. The van der Waals surface area contributed by atoms with Gasteiger partial charge in [0.1, 0.15) is 0 Å². The van der Waals surface area contributed by atoms with Gasteiger partial charge in [0, 0.05) is 25.2 Å². The molecule has 1 fully saturated rings. The van der Waals surface area contributed by atoms with Crippen LogP contribution in [-0.4, -0.2) is 62.7 Å². The molecule has 0 bridgehead atoms. The molecule has 14 heavy (non-hydrogen) atoms. The molecule has 0 spiro atoms. The smallest absolute Gasteiger partial charge is 0.0204 e. The van der Waals surface area contributed by atoms with Crippen molar-refractivity contribution in [1.82, 2.24) is 15.1 Å². The molecule has 1 rings (SSSR count). The number of hydrogen-bond donors (Lipinski definition) is 1. The topological polar surface area (TPSA) is 18.5 Å². The van der Waals surface area contributed by atoms with Gasteiger partial charge in [0.15, 0.2) is 0 Å². The van der Waals surface area contributed by atoms with E-state index in [-0.39, 0.29) is 0 Å². The molecule has 1 saturated heterocycles. The lowest BCUT2D eigenvalue weighted by Crippen LogP contribution is -2.36. The fourth-order valence-electron chi connectivity index (χ4n) is 2.05. The largest absolute Gasteiger partial charge is 0.316 e. The Hall–Kier alpha value is -0.120. The number of nitrogens with one attached hydrogen (secondary N) is 1. The summed E-state index contributed by atoms with van der Waals surface area (Å²) in [5, 5.41) is 3.36. The van der Waals surface area contributed by atoms with Gasteiger partial charge in [-0.2, -0.15) is 0 Å². The Morgan fingerprint density at radius 3 is 2.71 bits per heavy atom. The fourth-order valence-corrected chi connectivity index (χ4v) is 2.05. The predicted octanol–water partition coefficient (Wildman–Crippen LogP) is 0.620. The maximum Gasteiger partial charge on any atom is 0.0204 e. The molecule has 3 nitrogen and oxygen atoms in total. The molecule has 0 aromatic heterocycles. The van der Waals surface area contributed by atoms with Crippen LogP contribution in [0.15, 0.2) is 0 Å². The van der Waals surface area contributed by atoms with Crippen molar-refractivity contribution in [3.63, 3.8) is 0 Å². The van der Waals surface area contributed by atoms with Crippen molar-refractivity contribution in [2.24, 2.45) is 0 Å². The Kier molecular flexibility index (Phi) is 4.85. The van der Waals surface area contributed by atoms with E-state index in [0.717, 1.165) is 12.1 Å². The normalized spacial score (nSPS) is 25.9. The highest BCUT2D eigenvalue weighted by atomic mass is 15.2. The molecule has 0 aromatic carbocycles. The number of likely N-dealkylation sites (N-methyl/N-ethyl adjacent to an activating group) is 1. The Balaban J connectivity index is 2.21. The highest BCUT2D eigenvalue weighted by molar-refractivity contribution is 4.83. The molecule has 3 heteroatoms. The molecule has 1 aliphatic heterocycles. The summed E-state index contributed by atoms with van der Waals surface area (Å²) >= 11 is 0. The third kappa shape index (κ3) is 3.56. The van der Waals surface area contributed by atoms with Crippen molar-refractivity contribution in [2.75, 3.05) is 40.8 Å². The monoisotopic (exact) mass is 199 g/mol. The van der Waals surface area contributed by atoms with Gasteiger partial charge in [-0.05, 0) is 47.5 Å². The van der Waals surface area contributed by atoms with Crippen molar-refractivity contribution < 1.29 is 0 Å². The van der Waals surface area contributed by atoms with Crippen LogP contribution in [0.3, 0.4) is 0 Å². The summed E-state index contributed by atoms with van der Waals surface area (Å²) in [7, 11) is 6.36. The van der Waals surface area contributed by atoms with E-state index in [1.54, 1.807) is 0 Å². The molecule has 0 radical (unpaired) electrons. The summed E-state index contributed by atoms with van der Waals surface area (Å²) in [6.07, 6.45) is 2.59. The van der Waals surface area contributed by atoms with Gasteiger partial charge in [0.25, 0.3) is 0 Å². The molecule has 2 atom stereocenters. The molecular formula is C11H25N3. The van der Waals surface area contributed by atoms with Gasteiger partial charge in [-0.1, -0.05) is 0 Å². The zero-order valence-corrected chi connectivity index (χ0v) is 10.1. The third-order valence-corrected chi connectivity index (χ3v) is 3.25. The predicted molar refractivity (Wildman–Crippen MR) is 61.7 cm³/mol. The second-order valence-electron chi connectivity index (χ2n) is 4.71. The van der Waals surface area contributed by atoms with Gasteiger partial charge in [0.05, 0.1) is 0 Å². The second kappa shape index (κ2) is 5.69. The molecule has 84 valence electrons. The van der Waals surface area contributed by atoms with Crippen molar-refractivity contribution >= 4 is 0 Å². The van der Waals surface area contributed by atoms with Gasteiger partial charge in [0.2, 0.25) is 0 Å². The minimum Gasteiger partial charge on any atom is -0.316 e. The molecular weight excluding hydrogens is 174 g/mol. The van der Waals surface area contributed by atoms with Gasteiger partial charge < -0.3 is 10.2 Å². The van der Waals surface area contributed by atoms with Crippen LogP contribution in [0, 0.1) is 0 Å². The molecule has 1 N–H and O–H groups in total. The van der Waals surface area contributed by atoms with Crippen molar-refractivity contribution in [1.29, 1.82) is 0 Å². The van der Waals surface area contributed by atoms with E-state index < -0.39 is 0 Å². The first-order valence-corrected chi connectivity index (χ1v) is 5.69. The van der Waals surface area contributed by atoms with Gasteiger partial charge in [-0.25, -0.2) is 0 Å². The second-order valence-corrected chi connectivity index (χ2v) is 4.71. The van der Waals surface area contributed by atoms with E-state index >= 15 is 0 Å². The zero-order chi connectivity index (χ0) is 10.6. The van der Waals surface area contributed by atoms with Crippen molar-refractivity contribution in [3.05, 3.63) is 0 Å². The minimum atomic E-state index is 0.719. The summed E-state index contributed by atoms with van der Waals surface area (Å²) in [6, 6.07) is 1.45. The molecule has 0 amide bonds. The lowest BCUT2D eigenvalue weighted by Gasteiger charge is -2.25. The lowest BCUT2D eigenvalue weighted by molar-refractivity contribution is 0.223. The first-order valence-electron chi connectivity index (χ1n) is 5.69. The zero-order valence-electron chi connectivity index (χ0n) is 10.1. The maximum atomic E-state index is 3.36. The fraction of sp³-hybridized carbons (Fsp3) is 1.00. The standard InChI is InChI=1S/C11H25N3/c1-10(5-7-13(3)4)14-8-6-11(9-14)12-2/h10-12H,5-9H2,1-4H3. The van der Waals surface area contributed by atoms with E-state index in [4.69, 9.17) is 0 Å². The van der Waals surface area contributed by atoms with E-state index in [2.05, 4.69) is 43.2 Å². The van der Waals surface area contributed by atoms with Crippen LogP contribution in [0.1, 0.15) is 19.8 Å². The van der Waals surface area contributed by atoms with E-state index in [9.17, 15) is 0 Å². The first kappa shape index (κ1) is 12.0. The average molecular weight is 199 g/mol. The Morgan fingerprint density at radius 2 is 2.21 bits per heavy atom. The summed E-state index contributed by atoms with van der Waals surface area (Å²) in [6.45, 7) is 6.04. The summed E-state index contributed by atoms with van der Waals surface area (Å²) in [5.74, 6) is 0. The summed E-state index contributed by atoms with van der Waals surface area (Å²) in [5.41, 5.74) is 0. The molecule has 2 unspecified atom stereocenters. The van der Waals surface area contributed by atoms with Crippen molar-refractivity contribution in [2.45, 2.75) is 31.8 Å². The average Bonchev–Trinajstić information content (AvgIpc) is 2.62. The minimum absolute atomic E-state index is 0.719. The summed E-state index contributed by atoms with van der Waals surface area (Å²) < 4.78 is 0. The Morgan fingerprint density at radius 1 is 1.50 bits per heavy atom. The molecule has 0 aromatic rings. The number of rotatable bonds is 5. The van der Waals surface area contributed by atoms with Gasteiger partial charge >= 0.3 is 0 Å². The van der Waals surface area contributed by atoms with E-state index in [1.165, 1.54) is 32.5 Å². The highest BCUT2D eigenvalue weighted by Crippen LogP contribution is 2.14. The first-order chi connectivity index (χ1) is 6.63. The van der Waals surface area contributed by atoms with Crippen molar-refractivity contribution in [3.8, 4) is 0 Å². The Bertz CT molecular complexity index is 159. The van der Waals surface area contributed by atoms with Gasteiger partial charge in [-0.3, -0.25) is 4.90 Å². The van der Waals surface area contributed by atoms with Crippen LogP contribution in [-0.2, 0) is 0 Å². The SMILES string of the molecule is CNC1CCN(C(C)CCN(C)C)C1. The number of hydrogen-bond acceptors (Lipinski definition) is 3. The van der Waals surface area contributed by atoms with Crippen LogP contribution < -0.4 is 5.32 Å². The van der Waals surface area contributed by atoms with Gasteiger partial charge in [-0.15, -0.1) is 0 Å². The van der Waals surface area contributed by atoms with Crippen LogP contribution >= 0.6 is 0 Å². The summed E-state index contributed by atoms with van der Waals surface area (Å²) in [4.78, 5) is 4.87. The van der Waals surface area contributed by atoms with E-state index in [1.807, 2.05) is 0 Å². The molecule has 0 aliphatic carbocycles. The van der Waals surface area contributed by atoms with Crippen LogP contribution in [0.25, 0.3) is 0 Å². The highest BCUT2D eigenvalue weighted by Gasteiger charge is 2.24. The molecule has 1 heterocycles. The maximum absolute atomic E-state index is 3.36. The Labute approximate surface area is 88.5 Å². The van der Waals surface area contributed by atoms with Crippen LogP contribution in [0.4, 0.5) is 0 Å². The number of nitrogens with zero attached hydrogens (tertiary/aromatic N) is 2. The lowest BCUT2D eigenvalue weighted by atomic mass is 10.2. The molecule has 0 saturated carbocycles. The van der Waals surface area contributed by atoms with Crippen LogP contribution in [0.2, 0.25) is 0 Å². The van der Waals surface area contributed by atoms with E-state index in [0.29, 0.717) is 0 Å². The quantitative estimate of drug-likeness (QED) is 0.700.